The van der Waals surface area contributed by atoms with Crippen LogP contribution in [0.1, 0.15) is 0 Å². The van der Waals surface area contributed by atoms with Gasteiger partial charge in [-0.15, -0.1) is 0 Å². The van der Waals surface area contributed by atoms with Crippen molar-refractivity contribution in [3.63, 3.8) is 0 Å². The molecule has 0 unspecified atom stereocenters. The molecule has 180 valence electrons. The maximum Gasteiger partial charge on any atom is 0.243 e. The third kappa shape index (κ3) is 5.34. The average molecular weight is 487 g/mol. The molecule has 1 amide bonds. The van der Waals surface area contributed by atoms with Gasteiger partial charge in [0.1, 0.15) is 11.5 Å². The van der Waals surface area contributed by atoms with E-state index in [4.69, 9.17) is 18.9 Å². The minimum atomic E-state index is -3.92. The molecule has 0 radical (unpaired) electrons. The van der Waals surface area contributed by atoms with E-state index in [1.807, 2.05) is 0 Å². The van der Waals surface area contributed by atoms with Crippen molar-refractivity contribution in [2.24, 2.45) is 0 Å². The summed E-state index contributed by atoms with van der Waals surface area (Å²) in [6.45, 7) is -0.182. The highest BCUT2D eigenvalue weighted by molar-refractivity contribution is 7.91. The zero-order chi connectivity index (χ0) is 24.7. The summed E-state index contributed by atoms with van der Waals surface area (Å²) in [5.41, 5.74) is 0.713. The van der Waals surface area contributed by atoms with Crippen molar-refractivity contribution in [3.8, 4) is 23.0 Å². The SMILES string of the molecule is COc1ccc(OC)c(NC(=O)CNc2ccccc2S(=O)(=O)c2ccc(OC)c(OC)c2)c1. The molecule has 10 heteroatoms. The van der Waals surface area contributed by atoms with Gasteiger partial charge < -0.3 is 29.6 Å². The predicted molar refractivity (Wildman–Crippen MR) is 128 cm³/mol. The van der Waals surface area contributed by atoms with Crippen LogP contribution in [0.15, 0.2) is 70.5 Å². The van der Waals surface area contributed by atoms with E-state index in [-0.39, 0.29) is 22.0 Å². The Hall–Kier alpha value is -3.92. The minimum absolute atomic E-state index is 0.0222. The molecule has 0 heterocycles. The highest BCUT2D eigenvalue weighted by Crippen LogP contribution is 2.34. The van der Waals surface area contributed by atoms with Crippen LogP contribution in [0.25, 0.3) is 0 Å². The van der Waals surface area contributed by atoms with Gasteiger partial charge in [-0.25, -0.2) is 8.42 Å². The van der Waals surface area contributed by atoms with E-state index in [9.17, 15) is 13.2 Å². The highest BCUT2D eigenvalue weighted by atomic mass is 32.2. The van der Waals surface area contributed by atoms with Gasteiger partial charge in [0.15, 0.2) is 11.5 Å². The summed E-state index contributed by atoms with van der Waals surface area (Å²) in [4.78, 5) is 12.6. The summed E-state index contributed by atoms with van der Waals surface area (Å²) in [6.07, 6.45) is 0. The third-order valence-electron chi connectivity index (χ3n) is 4.96. The van der Waals surface area contributed by atoms with Crippen molar-refractivity contribution in [3.05, 3.63) is 60.7 Å². The van der Waals surface area contributed by atoms with Crippen molar-refractivity contribution in [2.75, 3.05) is 45.6 Å². The highest BCUT2D eigenvalue weighted by Gasteiger charge is 2.23. The number of benzene rings is 3. The summed E-state index contributed by atoms with van der Waals surface area (Å²) < 4.78 is 47.6. The Balaban J connectivity index is 1.82. The molecule has 0 saturated heterocycles. The Morgan fingerprint density at radius 1 is 0.765 bits per heavy atom. The minimum Gasteiger partial charge on any atom is -0.497 e. The van der Waals surface area contributed by atoms with Crippen molar-refractivity contribution in [1.29, 1.82) is 0 Å². The number of rotatable bonds is 10. The van der Waals surface area contributed by atoms with Crippen molar-refractivity contribution >= 4 is 27.1 Å². The van der Waals surface area contributed by atoms with Gasteiger partial charge in [0.2, 0.25) is 15.7 Å². The van der Waals surface area contributed by atoms with Gasteiger partial charge in [-0.05, 0) is 36.4 Å². The molecule has 3 aromatic carbocycles. The Morgan fingerprint density at radius 3 is 2.12 bits per heavy atom. The van der Waals surface area contributed by atoms with Crippen LogP contribution in [0.4, 0.5) is 11.4 Å². The van der Waals surface area contributed by atoms with Crippen LogP contribution in [0.5, 0.6) is 23.0 Å². The number of sulfone groups is 1. The fourth-order valence-electron chi connectivity index (χ4n) is 3.24. The zero-order valence-corrected chi connectivity index (χ0v) is 20.1. The number of anilines is 2. The molecule has 0 bridgehead atoms. The van der Waals surface area contributed by atoms with Gasteiger partial charge >= 0.3 is 0 Å². The van der Waals surface area contributed by atoms with Crippen LogP contribution >= 0.6 is 0 Å². The van der Waals surface area contributed by atoms with Crippen LogP contribution in [-0.2, 0) is 14.6 Å². The average Bonchev–Trinajstić information content (AvgIpc) is 2.87. The molecule has 0 aliphatic heterocycles. The second kappa shape index (κ2) is 10.8. The van der Waals surface area contributed by atoms with Gasteiger partial charge in [0.25, 0.3) is 0 Å². The Kier molecular flexibility index (Phi) is 7.85. The number of carbonyl (C=O) groups excluding carboxylic acids is 1. The first-order valence-electron chi connectivity index (χ1n) is 10.2. The van der Waals surface area contributed by atoms with Crippen LogP contribution in [-0.4, -0.2) is 49.3 Å². The molecule has 34 heavy (non-hydrogen) atoms. The first kappa shape index (κ1) is 24.7. The molecular formula is C24H26N2O7S. The molecule has 0 aromatic heterocycles. The number of amides is 1. The largest absolute Gasteiger partial charge is 0.497 e. The normalized spacial score (nSPS) is 10.8. The molecule has 0 spiro atoms. The summed E-state index contributed by atoms with van der Waals surface area (Å²) in [5.74, 6) is 1.32. The summed E-state index contributed by atoms with van der Waals surface area (Å²) >= 11 is 0. The third-order valence-corrected chi connectivity index (χ3v) is 6.77. The second-order valence-corrected chi connectivity index (χ2v) is 8.90. The molecule has 0 atom stereocenters. The van der Waals surface area contributed by atoms with Gasteiger partial charge in [-0.1, -0.05) is 12.1 Å². The lowest BCUT2D eigenvalue weighted by Crippen LogP contribution is -2.23. The summed E-state index contributed by atoms with van der Waals surface area (Å²) in [5, 5.41) is 5.64. The Morgan fingerprint density at radius 2 is 1.44 bits per heavy atom. The van der Waals surface area contributed by atoms with E-state index < -0.39 is 15.7 Å². The lowest BCUT2D eigenvalue weighted by Gasteiger charge is -2.15. The van der Waals surface area contributed by atoms with Crippen molar-refractivity contribution < 1.29 is 32.2 Å². The van der Waals surface area contributed by atoms with E-state index in [0.29, 0.717) is 28.7 Å². The van der Waals surface area contributed by atoms with E-state index in [0.717, 1.165) is 0 Å². The number of nitrogens with one attached hydrogen (secondary N) is 2. The summed E-state index contributed by atoms with van der Waals surface area (Å²) in [6, 6.07) is 15.7. The first-order valence-corrected chi connectivity index (χ1v) is 11.6. The second-order valence-electron chi connectivity index (χ2n) is 6.98. The summed E-state index contributed by atoms with van der Waals surface area (Å²) in [7, 11) is 1.99. The van der Waals surface area contributed by atoms with Crippen molar-refractivity contribution in [2.45, 2.75) is 9.79 Å². The molecule has 2 N–H and O–H groups in total. The quantitative estimate of drug-likeness (QED) is 0.447. The van der Waals surface area contributed by atoms with E-state index in [1.165, 1.54) is 52.7 Å². The number of hydrogen-bond acceptors (Lipinski definition) is 8. The predicted octanol–water partition coefficient (Wildman–Crippen LogP) is 3.60. The van der Waals surface area contributed by atoms with Gasteiger partial charge in [-0.3, -0.25) is 4.79 Å². The molecule has 3 rings (SSSR count). The van der Waals surface area contributed by atoms with Gasteiger partial charge in [0, 0.05) is 12.1 Å². The van der Waals surface area contributed by atoms with Crippen LogP contribution in [0.2, 0.25) is 0 Å². The monoisotopic (exact) mass is 486 g/mol. The lowest BCUT2D eigenvalue weighted by atomic mass is 10.2. The molecule has 0 saturated carbocycles. The first-order chi connectivity index (χ1) is 16.3. The van der Waals surface area contributed by atoms with Gasteiger partial charge in [-0.2, -0.15) is 0 Å². The van der Waals surface area contributed by atoms with Gasteiger partial charge in [0.05, 0.1) is 56.1 Å². The van der Waals surface area contributed by atoms with Crippen molar-refractivity contribution in [1.82, 2.24) is 0 Å². The fourth-order valence-corrected chi connectivity index (χ4v) is 4.69. The Labute approximate surface area is 198 Å². The molecule has 3 aromatic rings. The van der Waals surface area contributed by atoms with E-state index in [1.54, 1.807) is 36.4 Å². The Bertz CT molecular complexity index is 1280. The molecule has 9 nitrogen and oxygen atoms in total. The number of ether oxygens (including phenoxy) is 4. The number of para-hydroxylation sites is 1. The standard InChI is InChI=1S/C24H26N2O7S/c1-30-16-9-11-20(31-2)19(13-16)26-24(27)15-25-18-7-5-6-8-23(18)34(28,29)17-10-12-21(32-3)22(14-17)33-4/h5-14,25H,15H2,1-4H3,(H,26,27). The molecule has 0 fully saturated rings. The van der Waals surface area contributed by atoms with Crippen LogP contribution < -0.4 is 29.6 Å². The van der Waals surface area contributed by atoms with E-state index >= 15 is 0 Å². The topological polar surface area (TPSA) is 112 Å². The maximum absolute atomic E-state index is 13.3. The molecular weight excluding hydrogens is 460 g/mol. The smallest absolute Gasteiger partial charge is 0.243 e. The van der Waals surface area contributed by atoms with E-state index in [2.05, 4.69) is 10.6 Å². The zero-order valence-electron chi connectivity index (χ0n) is 19.2. The van der Waals surface area contributed by atoms with Crippen LogP contribution in [0.3, 0.4) is 0 Å². The number of methoxy groups -OCH3 is 4. The molecule has 0 aliphatic rings. The maximum atomic E-state index is 13.3. The fraction of sp³-hybridized carbons (Fsp3) is 0.208. The van der Waals surface area contributed by atoms with Crippen LogP contribution in [0, 0.1) is 0 Å². The molecule has 0 aliphatic carbocycles. The number of carbonyl (C=O) groups is 1. The lowest BCUT2D eigenvalue weighted by molar-refractivity contribution is -0.114. The number of hydrogen-bond donors (Lipinski definition) is 2.